The van der Waals surface area contributed by atoms with Crippen LogP contribution in [0.2, 0.25) is 0 Å². The zero-order valence-corrected chi connectivity index (χ0v) is 49.9. The molecule has 0 spiro atoms. The van der Waals surface area contributed by atoms with Crippen molar-refractivity contribution in [2.45, 2.75) is 285 Å². The van der Waals surface area contributed by atoms with Gasteiger partial charge in [0.25, 0.3) is 0 Å². The molecule has 19 nitrogen and oxygen atoms in total. The number of rotatable bonds is 45. The number of nitrogens with one attached hydrogen (secondary N) is 1. The highest BCUT2D eigenvalue weighted by Gasteiger charge is 2.53. The molecule has 0 aromatic carbocycles. The molecule has 19 heteroatoms. The van der Waals surface area contributed by atoms with Gasteiger partial charge in [0.1, 0.15) is 73.2 Å². The highest BCUT2D eigenvalue weighted by Crippen LogP contribution is 2.33. The van der Waals surface area contributed by atoms with Crippen molar-refractivity contribution in [1.82, 2.24) is 5.32 Å². The first-order chi connectivity index (χ1) is 40.3. The molecule has 0 bridgehead atoms. The van der Waals surface area contributed by atoms with E-state index in [1.807, 2.05) is 6.08 Å². The molecule has 478 valence electrons. The largest absolute Gasteiger partial charge is 0.394 e. The molecule has 3 saturated heterocycles. The van der Waals surface area contributed by atoms with Crippen molar-refractivity contribution < 1.29 is 89.4 Å². The third-order valence-electron chi connectivity index (χ3n) is 15.2. The number of allylic oxidation sites excluding steroid dienone is 13. The van der Waals surface area contributed by atoms with Crippen LogP contribution >= 0.6 is 0 Å². The van der Waals surface area contributed by atoms with E-state index in [2.05, 4.69) is 92.1 Å². The Morgan fingerprint density at radius 3 is 1.30 bits per heavy atom. The van der Waals surface area contributed by atoms with Crippen molar-refractivity contribution in [2.75, 3.05) is 26.4 Å². The summed E-state index contributed by atoms with van der Waals surface area (Å²) in [4.78, 5) is 13.3. The minimum Gasteiger partial charge on any atom is -0.394 e. The number of hydrogen-bond acceptors (Lipinski definition) is 18. The van der Waals surface area contributed by atoms with Crippen molar-refractivity contribution in [3.63, 3.8) is 0 Å². The fourth-order valence-electron chi connectivity index (χ4n) is 10.1. The minimum absolute atomic E-state index is 0.184. The van der Waals surface area contributed by atoms with Gasteiger partial charge in [0.2, 0.25) is 5.91 Å². The molecule has 0 aromatic heterocycles. The topological polar surface area (TPSA) is 307 Å². The van der Waals surface area contributed by atoms with Crippen LogP contribution in [0.5, 0.6) is 0 Å². The monoisotopic (exact) mass is 1180 g/mol. The lowest BCUT2D eigenvalue weighted by molar-refractivity contribution is -0.379. The maximum atomic E-state index is 13.3. The first-order valence-electron chi connectivity index (χ1n) is 31.3. The van der Waals surface area contributed by atoms with Gasteiger partial charge >= 0.3 is 0 Å². The standard InChI is InChI=1S/C64H109NO18/c1-3-5-7-9-11-13-15-17-19-21-22-23-24-26-28-30-32-34-36-38-40-42-52(70)65-47(48(69)41-39-37-35-33-31-29-27-25-20-18-16-14-12-10-8-6-4-2)46-78-62-58(76)55(73)60(50(44-67)80-62)83-64-59(77)56(74)61(51(45-68)81-64)82-63-57(75)54(72)53(71)49(43-66)79-63/h5,7,11,13,17,19,22-23,26,28,32,34,39,41,47-51,53-64,66-69,71-77H,3-4,6,8-10,12,14-16,18,20-21,24-25,27,29-31,33,35-38,40,42-46H2,1-2H3,(H,65,70)/b7-5-,13-11-,19-17-,23-22-,28-26-,34-32-,41-39+. The molecule has 17 unspecified atom stereocenters. The van der Waals surface area contributed by atoms with Crippen molar-refractivity contribution in [3.05, 3.63) is 85.1 Å². The second-order valence-corrected chi connectivity index (χ2v) is 22.1. The number of ether oxygens (including phenoxy) is 6. The molecule has 0 aromatic rings. The molecule has 17 atom stereocenters. The summed E-state index contributed by atoms with van der Waals surface area (Å²) in [5, 5.41) is 120. The SMILES string of the molecule is CC/C=C\C/C=C\C/C=C\C/C=C\C/C=C\C/C=C\CCCCC(=O)NC(COC1OC(CO)C(OC2OC(CO)C(OC3OC(CO)C(O)C(O)C3O)C(O)C2O)C(O)C1O)C(O)/C=C/CCCCCCCCCCCCCCCCC. The summed E-state index contributed by atoms with van der Waals surface area (Å²) >= 11 is 0. The van der Waals surface area contributed by atoms with Crippen LogP contribution in [0.3, 0.4) is 0 Å². The highest BCUT2D eigenvalue weighted by molar-refractivity contribution is 5.76. The Bertz CT molecular complexity index is 1840. The average molecular weight is 1180 g/mol. The molecule has 3 aliphatic rings. The normalized spacial score (nSPS) is 30.0. The van der Waals surface area contributed by atoms with Crippen LogP contribution in [0.1, 0.15) is 181 Å². The van der Waals surface area contributed by atoms with E-state index in [0.29, 0.717) is 6.42 Å². The van der Waals surface area contributed by atoms with Gasteiger partial charge in [-0.1, -0.05) is 189 Å². The Labute approximate surface area is 495 Å². The number of aliphatic hydroxyl groups excluding tert-OH is 11. The predicted molar refractivity (Wildman–Crippen MR) is 318 cm³/mol. The second kappa shape index (κ2) is 46.2. The van der Waals surface area contributed by atoms with Crippen LogP contribution in [0.4, 0.5) is 0 Å². The molecule has 3 fully saturated rings. The van der Waals surface area contributed by atoms with Crippen molar-refractivity contribution in [1.29, 1.82) is 0 Å². The number of hydrogen-bond donors (Lipinski definition) is 12. The van der Waals surface area contributed by atoms with Crippen LogP contribution in [-0.4, -0.2) is 193 Å². The Morgan fingerprint density at radius 1 is 0.446 bits per heavy atom. The van der Waals surface area contributed by atoms with E-state index in [4.69, 9.17) is 28.4 Å². The van der Waals surface area contributed by atoms with Crippen LogP contribution in [0.15, 0.2) is 85.1 Å². The molecule has 0 radical (unpaired) electrons. The summed E-state index contributed by atoms with van der Waals surface area (Å²) in [5.74, 6) is -0.321. The van der Waals surface area contributed by atoms with E-state index in [1.54, 1.807) is 6.08 Å². The minimum atomic E-state index is -1.99. The van der Waals surface area contributed by atoms with Gasteiger partial charge in [-0.15, -0.1) is 0 Å². The Hall–Kier alpha value is -3.03. The Balaban J connectivity index is 1.51. The van der Waals surface area contributed by atoms with Crippen molar-refractivity contribution in [2.24, 2.45) is 0 Å². The summed E-state index contributed by atoms with van der Waals surface area (Å²) in [6, 6.07) is -1.00. The molecule has 3 aliphatic heterocycles. The number of aliphatic hydroxyl groups is 11. The fourth-order valence-corrected chi connectivity index (χ4v) is 10.1. The van der Waals surface area contributed by atoms with Gasteiger partial charge in [-0.05, 0) is 70.6 Å². The van der Waals surface area contributed by atoms with Crippen molar-refractivity contribution in [3.8, 4) is 0 Å². The number of unbranched alkanes of at least 4 members (excludes halogenated alkanes) is 17. The summed E-state index contributed by atoms with van der Waals surface area (Å²) in [6.45, 7) is 1.56. The number of amides is 1. The first-order valence-corrected chi connectivity index (χ1v) is 31.3. The zero-order chi connectivity index (χ0) is 60.5. The molecule has 3 heterocycles. The molecule has 12 N–H and O–H groups in total. The summed E-state index contributed by atoms with van der Waals surface area (Å²) < 4.78 is 34.2. The second-order valence-electron chi connectivity index (χ2n) is 22.1. The third-order valence-corrected chi connectivity index (χ3v) is 15.2. The quantitative estimate of drug-likeness (QED) is 0.0233. The van der Waals surface area contributed by atoms with Crippen LogP contribution in [-0.2, 0) is 33.2 Å². The van der Waals surface area contributed by atoms with Gasteiger partial charge in [0.05, 0.1) is 38.6 Å². The summed E-state index contributed by atoms with van der Waals surface area (Å²) in [7, 11) is 0. The fraction of sp³-hybridized carbons (Fsp3) is 0.766. The van der Waals surface area contributed by atoms with Gasteiger partial charge in [-0.3, -0.25) is 4.79 Å². The molecule has 83 heavy (non-hydrogen) atoms. The Morgan fingerprint density at radius 2 is 0.831 bits per heavy atom. The van der Waals surface area contributed by atoms with Crippen LogP contribution in [0.25, 0.3) is 0 Å². The van der Waals surface area contributed by atoms with Gasteiger partial charge in [-0.2, -0.15) is 0 Å². The maximum absolute atomic E-state index is 13.3. The van der Waals surface area contributed by atoms with Gasteiger partial charge in [0.15, 0.2) is 18.9 Å². The van der Waals surface area contributed by atoms with Crippen molar-refractivity contribution >= 4 is 5.91 Å². The average Bonchev–Trinajstić information content (AvgIpc) is 3.34. The van der Waals surface area contributed by atoms with E-state index in [1.165, 1.54) is 77.0 Å². The third kappa shape index (κ3) is 29.5. The highest BCUT2D eigenvalue weighted by atomic mass is 16.8. The molecule has 1 amide bonds. The van der Waals surface area contributed by atoms with Gasteiger partial charge in [0, 0.05) is 6.42 Å². The van der Waals surface area contributed by atoms with E-state index in [-0.39, 0.29) is 18.9 Å². The molecule has 0 saturated carbocycles. The van der Waals surface area contributed by atoms with E-state index in [0.717, 1.165) is 77.0 Å². The van der Waals surface area contributed by atoms with Crippen LogP contribution < -0.4 is 5.32 Å². The van der Waals surface area contributed by atoms with E-state index < -0.39 is 124 Å². The summed E-state index contributed by atoms with van der Waals surface area (Å²) in [6.07, 6.45) is 29.8. The van der Waals surface area contributed by atoms with Crippen LogP contribution in [0, 0.1) is 0 Å². The number of carbonyl (C=O) groups is 1. The lowest BCUT2D eigenvalue weighted by Crippen LogP contribution is -2.66. The number of carbonyl (C=O) groups excluding carboxylic acids is 1. The lowest BCUT2D eigenvalue weighted by atomic mass is 9.96. The van der Waals surface area contributed by atoms with E-state index in [9.17, 15) is 61.0 Å². The molecule has 0 aliphatic carbocycles. The summed E-state index contributed by atoms with van der Waals surface area (Å²) in [5.41, 5.74) is 0. The molecular formula is C64H109NO18. The zero-order valence-electron chi connectivity index (χ0n) is 49.9. The Kier molecular flexibility index (Phi) is 41.3. The smallest absolute Gasteiger partial charge is 0.220 e. The van der Waals surface area contributed by atoms with E-state index >= 15 is 0 Å². The predicted octanol–water partition coefficient (Wildman–Crippen LogP) is 6.37. The molecule has 3 rings (SSSR count). The maximum Gasteiger partial charge on any atom is 0.220 e. The molecular weight excluding hydrogens is 1070 g/mol. The lowest BCUT2D eigenvalue weighted by Gasteiger charge is -2.48. The van der Waals surface area contributed by atoms with Gasteiger partial charge in [-0.25, -0.2) is 0 Å². The van der Waals surface area contributed by atoms with Gasteiger partial charge < -0.3 is 89.9 Å². The first kappa shape index (κ1) is 74.2.